The summed E-state index contributed by atoms with van der Waals surface area (Å²) in [6, 6.07) is 7.87. The van der Waals surface area contributed by atoms with Gasteiger partial charge in [0.2, 0.25) is 5.91 Å². The van der Waals surface area contributed by atoms with Gasteiger partial charge in [-0.25, -0.2) is 0 Å². The van der Waals surface area contributed by atoms with E-state index in [1.807, 2.05) is 41.1 Å². The van der Waals surface area contributed by atoms with Crippen LogP contribution in [0, 0.1) is 0 Å². The van der Waals surface area contributed by atoms with Gasteiger partial charge in [-0.3, -0.25) is 14.5 Å². The number of aromatic nitrogens is 1. The van der Waals surface area contributed by atoms with Crippen molar-refractivity contribution in [3.05, 3.63) is 70.9 Å². The number of nitrogens with one attached hydrogen (secondary N) is 1. The number of benzene rings is 2. The summed E-state index contributed by atoms with van der Waals surface area (Å²) in [6.45, 7) is 3.52. The van der Waals surface area contributed by atoms with Crippen molar-refractivity contribution < 1.29 is 35.9 Å². The van der Waals surface area contributed by atoms with E-state index in [1.54, 1.807) is 6.20 Å². The van der Waals surface area contributed by atoms with Crippen LogP contribution in [0.5, 0.6) is 0 Å². The number of fused-ring (bicyclic) bond motifs is 1. The molecule has 2 amide bonds. The van der Waals surface area contributed by atoms with Crippen molar-refractivity contribution >= 4 is 22.7 Å². The molecule has 0 bridgehead atoms. The number of hydrogen-bond acceptors (Lipinski definition) is 4. The minimum atomic E-state index is -5.07. The highest BCUT2D eigenvalue weighted by Gasteiger charge is 2.39. The van der Waals surface area contributed by atoms with Gasteiger partial charge in [0.1, 0.15) is 0 Å². The molecule has 2 saturated heterocycles. The van der Waals surface area contributed by atoms with Crippen LogP contribution in [-0.4, -0.2) is 102 Å². The number of aromatic amines is 1. The highest BCUT2D eigenvalue weighted by molar-refractivity contribution is 5.95. The quantitative estimate of drug-likeness (QED) is 0.425. The second kappa shape index (κ2) is 12.2. The lowest BCUT2D eigenvalue weighted by Crippen LogP contribution is -2.57. The van der Waals surface area contributed by atoms with Gasteiger partial charge in [-0.15, -0.1) is 0 Å². The normalized spacial score (nSPS) is 19.6. The first-order valence-electron chi connectivity index (χ1n) is 14.1. The fraction of sp³-hybridized carbons (Fsp3) is 0.467. The molecule has 13 heteroatoms. The molecule has 3 aromatic rings. The van der Waals surface area contributed by atoms with Crippen LogP contribution in [0.4, 0.5) is 26.3 Å². The first-order chi connectivity index (χ1) is 20.3. The number of likely N-dealkylation sites (N-methyl/N-ethyl adjacent to an activating group) is 1. The van der Waals surface area contributed by atoms with Crippen molar-refractivity contribution in [3.8, 4) is 0 Å². The maximum absolute atomic E-state index is 13.7. The molecule has 2 aromatic carbocycles. The zero-order chi connectivity index (χ0) is 30.9. The monoisotopic (exact) mass is 609 g/mol. The fourth-order valence-corrected chi connectivity index (χ4v) is 5.89. The predicted molar refractivity (Wildman–Crippen MR) is 148 cm³/mol. The minimum Gasteiger partial charge on any atom is -0.361 e. The molecule has 3 heterocycles. The molecule has 7 nitrogen and oxygen atoms in total. The van der Waals surface area contributed by atoms with E-state index in [1.165, 1.54) is 4.90 Å². The molecule has 2 aliphatic rings. The van der Waals surface area contributed by atoms with Gasteiger partial charge in [0, 0.05) is 68.0 Å². The third kappa shape index (κ3) is 7.15. The fourth-order valence-electron chi connectivity index (χ4n) is 5.89. The summed E-state index contributed by atoms with van der Waals surface area (Å²) in [5, 5.41) is 0.898. The molecule has 0 radical (unpaired) electrons. The van der Waals surface area contributed by atoms with Crippen molar-refractivity contribution in [2.45, 2.75) is 31.2 Å². The number of carbonyl (C=O) groups is 2. The van der Waals surface area contributed by atoms with E-state index in [0.717, 1.165) is 36.0 Å². The Hall–Kier alpha value is -3.58. The molecule has 0 spiro atoms. The van der Waals surface area contributed by atoms with E-state index >= 15 is 0 Å². The predicted octanol–water partition coefficient (Wildman–Crippen LogP) is 4.74. The van der Waals surface area contributed by atoms with Gasteiger partial charge in [0.15, 0.2) is 0 Å². The largest absolute Gasteiger partial charge is 0.416 e. The van der Waals surface area contributed by atoms with Crippen molar-refractivity contribution in [3.63, 3.8) is 0 Å². The Morgan fingerprint density at radius 2 is 1.58 bits per heavy atom. The third-order valence-electron chi connectivity index (χ3n) is 8.22. The van der Waals surface area contributed by atoms with Crippen LogP contribution in [0.1, 0.15) is 33.5 Å². The molecular weight excluding hydrogens is 576 g/mol. The van der Waals surface area contributed by atoms with E-state index in [2.05, 4.69) is 9.88 Å². The SMILES string of the molecule is CN1CCCN(C(=O)CN2CCN(C(=O)c3cc(C(F)(F)F)cc(C(F)(F)F)c3)C(Cc3c[nH]c4ccccc34)C2)CC1. The molecule has 5 rings (SSSR count). The van der Waals surface area contributed by atoms with E-state index in [-0.39, 0.29) is 38.2 Å². The number of piperazine rings is 1. The molecule has 2 aliphatic heterocycles. The van der Waals surface area contributed by atoms with E-state index in [0.29, 0.717) is 31.6 Å². The highest BCUT2D eigenvalue weighted by Crippen LogP contribution is 2.37. The Morgan fingerprint density at radius 3 is 2.28 bits per heavy atom. The lowest BCUT2D eigenvalue weighted by atomic mass is 9.98. The van der Waals surface area contributed by atoms with Gasteiger partial charge in [-0.05, 0) is 56.3 Å². The first-order valence-corrected chi connectivity index (χ1v) is 14.1. The molecule has 1 unspecified atom stereocenters. The summed E-state index contributed by atoms with van der Waals surface area (Å²) in [5.74, 6) is -0.961. The summed E-state index contributed by atoms with van der Waals surface area (Å²) in [7, 11) is 2.00. The van der Waals surface area contributed by atoms with Gasteiger partial charge in [-0.2, -0.15) is 26.3 Å². The smallest absolute Gasteiger partial charge is 0.361 e. The van der Waals surface area contributed by atoms with E-state index < -0.39 is 41.0 Å². The zero-order valence-electron chi connectivity index (χ0n) is 23.6. The highest BCUT2D eigenvalue weighted by atomic mass is 19.4. The number of nitrogens with zero attached hydrogens (tertiary/aromatic N) is 4. The number of carbonyl (C=O) groups excluding carboxylic acids is 2. The maximum Gasteiger partial charge on any atom is 0.416 e. The molecule has 43 heavy (non-hydrogen) atoms. The average Bonchev–Trinajstić information content (AvgIpc) is 3.22. The Kier molecular flexibility index (Phi) is 8.75. The van der Waals surface area contributed by atoms with Crippen molar-refractivity contribution in [1.82, 2.24) is 24.6 Å². The van der Waals surface area contributed by atoms with Gasteiger partial charge >= 0.3 is 12.4 Å². The standard InChI is InChI=1S/C30H33F6N5O2/c1-38-7-4-8-40(11-9-38)27(42)19-39-10-12-41(24(18-39)15-21-17-37-26-6-3-2-5-25(21)26)28(43)20-13-22(29(31,32)33)16-23(14-20)30(34,35)36/h2-3,5-6,13-14,16-17,24,37H,4,7-12,15,18-19H2,1H3. The maximum atomic E-state index is 13.7. The summed E-state index contributed by atoms with van der Waals surface area (Å²) in [5.41, 5.74) is -2.04. The molecule has 2 fully saturated rings. The van der Waals surface area contributed by atoms with Gasteiger partial charge in [-0.1, -0.05) is 18.2 Å². The van der Waals surface area contributed by atoms with E-state index in [4.69, 9.17) is 0 Å². The first kappa shape index (κ1) is 30.9. The summed E-state index contributed by atoms with van der Waals surface area (Å²) in [6.07, 6.45) is -7.20. The molecule has 1 N–H and O–H groups in total. The van der Waals surface area contributed by atoms with Gasteiger partial charge in [0.25, 0.3) is 5.91 Å². The summed E-state index contributed by atoms with van der Waals surface area (Å²) >= 11 is 0. The van der Waals surface area contributed by atoms with Crippen LogP contribution in [0.3, 0.4) is 0 Å². The number of para-hydroxylation sites is 1. The van der Waals surface area contributed by atoms with Crippen LogP contribution in [0.2, 0.25) is 0 Å². The number of alkyl halides is 6. The average molecular weight is 610 g/mol. The van der Waals surface area contributed by atoms with Gasteiger partial charge in [0.05, 0.1) is 17.7 Å². The molecule has 232 valence electrons. The number of rotatable bonds is 5. The third-order valence-corrected chi connectivity index (χ3v) is 8.22. The number of hydrogen-bond donors (Lipinski definition) is 1. The van der Waals surface area contributed by atoms with Crippen LogP contribution < -0.4 is 0 Å². The number of halogens is 6. The van der Waals surface area contributed by atoms with Crippen LogP contribution >= 0.6 is 0 Å². The Bertz CT molecular complexity index is 1440. The second-order valence-corrected chi connectivity index (χ2v) is 11.3. The van der Waals surface area contributed by atoms with Crippen LogP contribution in [-0.2, 0) is 23.6 Å². The summed E-state index contributed by atoms with van der Waals surface area (Å²) in [4.78, 5) is 37.3. The van der Waals surface area contributed by atoms with Crippen LogP contribution in [0.25, 0.3) is 10.9 Å². The topological polar surface area (TPSA) is 62.9 Å². The Morgan fingerprint density at radius 1 is 0.884 bits per heavy atom. The molecule has 1 atom stereocenters. The molecule has 0 aliphatic carbocycles. The zero-order valence-corrected chi connectivity index (χ0v) is 23.6. The van der Waals surface area contributed by atoms with Crippen LogP contribution in [0.15, 0.2) is 48.7 Å². The van der Waals surface area contributed by atoms with E-state index in [9.17, 15) is 35.9 Å². The summed E-state index contributed by atoms with van der Waals surface area (Å²) < 4.78 is 81.3. The lowest BCUT2D eigenvalue weighted by molar-refractivity contribution is -0.143. The number of amides is 2. The lowest BCUT2D eigenvalue weighted by Gasteiger charge is -2.42. The Labute approximate surface area is 245 Å². The van der Waals surface area contributed by atoms with Gasteiger partial charge < -0.3 is 19.7 Å². The molecular formula is C30H33F6N5O2. The van der Waals surface area contributed by atoms with Crippen molar-refractivity contribution in [2.75, 3.05) is 59.4 Å². The molecule has 1 aromatic heterocycles. The minimum absolute atomic E-state index is 0.0182. The van der Waals surface area contributed by atoms with Crippen molar-refractivity contribution in [2.24, 2.45) is 0 Å². The number of H-pyrrole nitrogens is 1. The van der Waals surface area contributed by atoms with Crippen molar-refractivity contribution in [1.29, 1.82) is 0 Å². The molecule has 0 saturated carbocycles. The Balaban J connectivity index is 1.42. The second-order valence-electron chi connectivity index (χ2n) is 11.3.